The van der Waals surface area contributed by atoms with Gasteiger partial charge < -0.3 is 10.2 Å². The molecule has 1 amide bonds. The Labute approximate surface area is 116 Å². The molecule has 1 aliphatic heterocycles. The molecule has 0 radical (unpaired) electrons. The number of rotatable bonds is 5. The maximum atomic E-state index is 12.3. The number of amides is 1. The number of hydrogen-bond acceptors (Lipinski definition) is 2. The molecule has 0 aliphatic carbocycles. The van der Waals surface area contributed by atoms with Crippen molar-refractivity contribution in [3.8, 4) is 0 Å². The second kappa shape index (κ2) is 6.71. The van der Waals surface area contributed by atoms with E-state index in [1.54, 1.807) is 0 Å². The van der Waals surface area contributed by atoms with Gasteiger partial charge in [0.15, 0.2) is 0 Å². The molecule has 1 atom stereocenters. The Kier molecular flexibility index (Phi) is 4.97. The zero-order chi connectivity index (χ0) is 13.7. The minimum absolute atomic E-state index is 0.294. The lowest BCUT2D eigenvalue weighted by Crippen LogP contribution is -2.30. The maximum Gasteiger partial charge on any atom is 0.223 e. The zero-order valence-corrected chi connectivity index (χ0v) is 12.0. The van der Waals surface area contributed by atoms with Crippen molar-refractivity contribution in [3.05, 3.63) is 35.4 Å². The van der Waals surface area contributed by atoms with Crippen molar-refractivity contribution in [2.24, 2.45) is 0 Å². The van der Waals surface area contributed by atoms with E-state index in [9.17, 15) is 4.79 Å². The molecular weight excluding hydrogens is 236 g/mol. The first-order chi connectivity index (χ1) is 9.22. The molecule has 1 aliphatic rings. The first kappa shape index (κ1) is 14.1. The van der Waals surface area contributed by atoms with E-state index in [0.29, 0.717) is 18.4 Å². The summed E-state index contributed by atoms with van der Waals surface area (Å²) in [5.41, 5.74) is 2.56. The normalized spacial score (nSPS) is 18.8. The Hall–Kier alpha value is -1.35. The fourth-order valence-corrected chi connectivity index (χ4v) is 2.85. The molecule has 0 saturated carbocycles. The third-order valence-electron chi connectivity index (χ3n) is 3.82. The van der Waals surface area contributed by atoms with Gasteiger partial charge in [0.05, 0.1) is 6.04 Å². The Morgan fingerprint density at radius 2 is 2.32 bits per heavy atom. The van der Waals surface area contributed by atoms with E-state index in [-0.39, 0.29) is 0 Å². The van der Waals surface area contributed by atoms with E-state index in [1.807, 2.05) is 7.05 Å². The van der Waals surface area contributed by atoms with Crippen molar-refractivity contribution >= 4 is 5.91 Å². The molecule has 1 heterocycles. The summed E-state index contributed by atoms with van der Waals surface area (Å²) in [5, 5.41) is 3.09. The van der Waals surface area contributed by atoms with Crippen molar-refractivity contribution in [1.82, 2.24) is 10.2 Å². The number of nitrogens with one attached hydrogen (secondary N) is 1. The lowest BCUT2D eigenvalue weighted by atomic mass is 10.0. The van der Waals surface area contributed by atoms with Gasteiger partial charge in [-0.1, -0.05) is 29.8 Å². The highest BCUT2D eigenvalue weighted by molar-refractivity contribution is 5.77. The van der Waals surface area contributed by atoms with E-state index in [0.717, 1.165) is 32.4 Å². The summed E-state index contributed by atoms with van der Waals surface area (Å²) in [4.78, 5) is 14.4. The summed E-state index contributed by atoms with van der Waals surface area (Å²) in [6.07, 6.45) is 3.80. The third-order valence-corrected chi connectivity index (χ3v) is 3.82. The van der Waals surface area contributed by atoms with Crippen LogP contribution in [0.5, 0.6) is 0 Å². The number of benzene rings is 1. The SMILES string of the molecule is CNCCCC(=O)N1CCCC1c1cccc(C)c1. The summed E-state index contributed by atoms with van der Waals surface area (Å²) < 4.78 is 0. The zero-order valence-electron chi connectivity index (χ0n) is 12.0. The minimum atomic E-state index is 0.294. The quantitative estimate of drug-likeness (QED) is 0.826. The van der Waals surface area contributed by atoms with Gasteiger partial charge in [0.1, 0.15) is 0 Å². The number of aryl methyl sites for hydroxylation is 1. The van der Waals surface area contributed by atoms with Crippen molar-refractivity contribution in [1.29, 1.82) is 0 Å². The van der Waals surface area contributed by atoms with Crippen LogP contribution >= 0.6 is 0 Å². The van der Waals surface area contributed by atoms with Gasteiger partial charge >= 0.3 is 0 Å². The first-order valence-corrected chi connectivity index (χ1v) is 7.23. The van der Waals surface area contributed by atoms with Gasteiger partial charge in [0.2, 0.25) is 5.91 Å². The summed E-state index contributed by atoms with van der Waals surface area (Å²) in [6, 6.07) is 8.85. The topological polar surface area (TPSA) is 32.3 Å². The molecule has 0 spiro atoms. The average molecular weight is 260 g/mol. The first-order valence-electron chi connectivity index (χ1n) is 7.23. The Bertz CT molecular complexity index is 431. The molecule has 104 valence electrons. The van der Waals surface area contributed by atoms with Crippen LogP contribution in [0.15, 0.2) is 24.3 Å². The van der Waals surface area contributed by atoms with Crippen LogP contribution in [0.4, 0.5) is 0 Å². The summed E-state index contributed by atoms with van der Waals surface area (Å²) in [6.45, 7) is 3.93. The van der Waals surface area contributed by atoms with Crippen LogP contribution in [-0.4, -0.2) is 30.9 Å². The van der Waals surface area contributed by atoms with Crippen LogP contribution in [0, 0.1) is 6.92 Å². The average Bonchev–Trinajstić information content (AvgIpc) is 2.88. The number of carbonyl (C=O) groups is 1. The Morgan fingerprint density at radius 3 is 3.05 bits per heavy atom. The number of likely N-dealkylation sites (tertiary alicyclic amines) is 1. The molecule has 0 aromatic heterocycles. The van der Waals surface area contributed by atoms with Gasteiger partial charge in [-0.05, 0) is 45.3 Å². The largest absolute Gasteiger partial charge is 0.336 e. The molecule has 1 aromatic rings. The Morgan fingerprint density at radius 1 is 1.47 bits per heavy atom. The summed E-state index contributed by atoms with van der Waals surface area (Å²) >= 11 is 0. The highest BCUT2D eigenvalue weighted by atomic mass is 16.2. The predicted molar refractivity (Wildman–Crippen MR) is 78.0 cm³/mol. The predicted octanol–water partition coefficient (Wildman–Crippen LogP) is 2.66. The number of nitrogens with zero attached hydrogens (tertiary/aromatic N) is 1. The molecule has 2 rings (SSSR count). The van der Waals surface area contributed by atoms with Crippen LogP contribution in [0.1, 0.15) is 42.9 Å². The lowest BCUT2D eigenvalue weighted by Gasteiger charge is -2.25. The van der Waals surface area contributed by atoms with Crippen molar-refractivity contribution < 1.29 is 4.79 Å². The van der Waals surface area contributed by atoms with E-state index in [4.69, 9.17) is 0 Å². The second-order valence-corrected chi connectivity index (χ2v) is 5.37. The van der Waals surface area contributed by atoms with Crippen LogP contribution in [-0.2, 0) is 4.79 Å². The van der Waals surface area contributed by atoms with Gasteiger partial charge in [-0.25, -0.2) is 0 Å². The number of carbonyl (C=O) groups excluding carboxylic acids is 1. The second-order valence-electron chi connectivity index (χ2n) is 5.37. The molecule has 1 saturated heterocycles. The molecule has 19 heavy (non-hydrogen) atoms. The van der Waals surface area contributed by atoms with E-state index >= 15 is 0 Å². The van der Waals surface area contributed by atoms with Crippen LogP contribution in [0.25, 0.3) is 0 Å². The van der Waals surface area contributed by atoms with Crippen molar-refractivity contribution in [3.63, 3.8) is 0 Å². The smallest absolute Gasteiger partial charge is 0.223 e. The molecular formula is C16H24N2O. The van der Waals surface area contributed by atoms with Crippen LogP contribution in [0.2, 0.25) is 0 Å². The van der Waals surface area contributed by atoms with Crippen molar-refractivity contribution in [2.45, 2.75) is 38.6 Å². The fraction of sp³-hybridized carbons (Fsp3) is 0.562. The molecule has 1 aromatic carbocycles. The Balaban J connectivity index is 2.02. The number of hydrogen-bond donors (Lipinski definition) is 1. The summed E-state index contributed by atoms with van der Waals surface area (Å²) in [5.74, 6) is 0.305. The molecule has 3 heteroatoms. The maximum absolute atomic E-state index is 12.3. The molecule has 1 unspecified atom stereocenters. The van der Waals surface area contributed by atoms with E-state index in [1.165, 1.54) is 11.1 Å². The van der Waals surface area contributed by atoms with Gasteiger partial charge in [-0.3, -0.25) is 4.79 Å². The molecule has 1 fully saturated rings. The standard InChI is InChI=1S/C16H24N2O/c1-13-6-3-7-14(12-13)15-8-5-11-18(15)16(19)9-4-10-17-2/h3,6-7,12,15,17H,4-5,8-11H2,1-2H3. The monoisotopic (exact) mass is 260 g/mol. The third kappa shape index (κ3) is 3.57. The highest BCUT2D eigenvalue weighted by Crippen LogP contribution is 2.32. The lowest BCUT2D eigenvalue weighted by molar-refractivity contribution is -0.132. The van der Waals surface area contributed by atoms with Crippen molar-refractivity contribution in [2.75, 3.05) is 20.1 Å². The highest BCUT2D eigenvalue weighted by Gasteiger charge is 2.29. The van der Waals surface area contributed by atoms with Crippen LogP contribution < -0.4 is 5.32 Å². The summed E-state index contributed by atoms with van der Waals surface area (Å²) in [7, 11) is 1.93. The minimum Gasteiger partial charge on any atom is -0.336 e. The van der Waals surface area contributed by atoms with E-state index in [2.05, 4.69) is 41.4 Å². The van der Waals surface area contributed by atoms with Gasteiger partial charge in [-0.15, -0.1) is 0 Å². The van der Waals surface area contributed by atoms with Gasteiger partial charge in [0, 0.05) is 13.0 Å². The molecule has 1 N–H and O–H groups in total. The van der Waals surface area contributed by atoms with Crippen LogP contribution in [0.3, 0.4) is 0 Å². The molecule has 0 bridgehead atoms. The van der Waals surface area contributed by atoms with Gasteiger partial charge in [-0.2, -0.15) is 0 Å². The fourth-order valence-electron chi connectivity index (χ4n) is 2.85. The van der Waals surface area contributed by atoms with Gasteiger partial charge in [0.25, 0.3) is 0 Å². The molecule has 3 nitrogen and oxygen atoms in total. The van der Waals surface area contributed by atoms with E-state index < -0.39 is 0 Å².